The minimum atomic E-state index is -3.39. The van der Waals surface area contributed by atoms with E-state index in [1.54, 1.807) is 19.2 Å². The molecule has 96 valence electrons. The lowest BCUT2D eigenvalue weighted by Crippen LogP contribution is -2.03. The Balaban J connectivity index is 2.95. The summed E-state index contributed by atoms with van der Waals surface area (Å²) in [6, 6.07) is 7.10. The van der Waals surface area contributed by atoms with Gasteiger partial charge >= 0.3 is 0 Å². The van der Waals surface area contributed by atoms with Crippen LogP contribution in [0.25, 0.3) is 10.8 Å². The molecule has 0 heterocycles. The zero-order chi connectivity index (χ0) is 13.5. The van der Waals surface area contributed by atoms with Crippen LogP contribution in [0.15, 0.2) is 29.2 Å². The van der Waals surface area contributed by atoms with E-state index in [2.05, 4.69) is 5.32 Å². The first-order valence-corrected chi connectivity index (χ1v) is 7.38. The highest BCUT2D eigenvalue weighted by atomic mass is 32.2. The Morgan fingerprint density at radius 3 is 2.44 bits per heavy atom. The highest BCUT2D eigenvalue weighted by molar-refractivity contribution is 7.90. The van der Waals surface area contributed by atoms with Crippen LogP contribution in [0.1, 0.15) is 5.56 Å². The molecule has 0 aliphatic rings. The fourth-order valence-corrected chi connectivity index (χ4v) is 2.93. The van der Waals surface area contributed by atoms with Crippen molar-refractivity contribution in [2.24, 2.45) is 0 Å². The van der Waals surface area contributed by atoms with Crippen LogP contribution in [0.3, 0.4) is 0 Å². The van der Waals surface area contributed by atoms with Crippen molar-refractivity contribution in [3.63, 3.8) is 0 Å². The molecule has 0 atom stereocenters. The highest BCUT2D eigenvalue weighted by Gasteiger charge is 2.18. The van der Waals surface area contributed by atoms with Gasteiger partial charge in [-0.3, -0.25) is 0 Å². The summed E-state index contributed by atoms with van der Waals surface area (Å²) in [6.07, 6.45) is 1.13. The van der Waals surface area contributed by atoms with E-state index in [-0.39, 0.29) is 16.3 Å². The number of sulfone groups is 1. The van der Waals surface area contributed by atoms with Gasteiger partial charge in [0, 0.05) is 18.7 Å². The van der Waals surface area contributed by atoms with Crippen molar-refractivity contribution < 1.29 is 13.5 Å². The maximum Gasteiger partial charge on any atom is 0.177 e. The number of hydrogen-bond donors (Lipinski definition) is 2. The first-order valence-electron chi connectivity index (χ1n) is 5.48. The molecule has 0 spiro atoms. The summed E-state index contributed by atoms with van der Waals surface area (Å²) < 4.78 is 23.5. The molecule has 18 heavy (non-hydrogen) atoms. The van der Waals surface area contributed by atoms with Crippen LogP contribution in [0, 0.1) is 6.92 Å². The Kier molecular flexibility index (Phi) is 2.94. The molecule has 0 saturated heterocycles. The van der Waals surface area contributed by atoms with Gasteiger partial charge in [0.15, 0.2) is 9.84 Å². The van der Waals surface area contributed by atoms with E-state index in [1.165, 1.54) is 0 Å². The molecular weight excluding hydrogens is 250 g/mol. The smallest absolute Gasteiger partial charge is 0.177 e. The molecule has 0 amide bonds. The molecular formula is C13H15NO3S. The average Bonchev–Trinajstić information content (AvgIpc) is 2.27. The Morgan fingerprint density at radius 1 is 1.22 bits per heavy atom. The van der Waals surface area contributed by atoms with Gasteiger partial charge in [-0.05, 0) is 18.4 Å². The monoisotopic (exact) mass is 265 g/mol. The number of hydrogen-bond acceptors (Lipinski definition) is 4. The third-order valence-electron chi connectivity index (χ3n) is 2.88. The number of phenols is 1. The van der Waals surface area contributed by atoms with Crippen LogP contribution in [0.2, 0.25) is 0 Å². The SMILES string of the molecule is CNc1c(S(C)(=O)=O)cc2cc(C)ccc2c1O. The van der Waals surface area contributed by atoms with E-state index in [0.29, 0.717) is 10.8 Å². The van der Waals surface area contributed by atoms with Crippen molar-refractivity contribution in [2.45, 2.75) is 11.8 Å². The second-order valence-electron chi connectivity index (χ2n) is 4.35. The van der Waals surface area contributed by atoms with Crippen LogP contribution in [-0.4, -0.2) is 26.8 Å². The Hall–Kier alpha value is -1.75. The summed E-state index contributed by atoms with van der Waals surface area (Å²) in [7, 11) is -1.81. The standard InChI is InChI=1S/C13H15NO3S/c1-8-4-5-10-9(6-8)7-11(18(3,16)17)12(14-2)13(10)15/h4-7,14-15H,1-3H3. The first kappa shape index (κ1) is 12.7. The maximum atomic E-state index is 11.7. The fourth-order valence-electron chi connectivity index (χ4n) is 2.02. The van der Waals surface area contributed by atoms with E-state index in [9.17, 15) is 13.5 Å². The van der Waals surface area contributed by atoms with Gasteiger partial charge < -0.3 is 10.4 Å². The van der Waals surface area contributed by atoms with Crippen LogP contribution >= 0.6 is 0 Å². The molecule has 0 aromatic heterocycles. The summed E-state index contributed by atoms with van der Waals surface area (Å²) >= 11 is 0. The molecule has 2 N–H and O–H groups in total. The lowest BCUT2D eigenvalue weighted by atomic mass is 10.1. The van der Waals surface area contributed by atoms with E-state index < -0.39 is 9.84 Å². The third kappa shape index (κ3) is 2.01. The number of rotatable bonds is 2. The van der Waals surface area contributed by atoms with E-state index in [0.717, 1.165) is 11.8 Å². The normalized spacial score (nSPS) is 11.7. The van der Waals surface area contributed by atoms with Crippen molar-refractivity contribution in [3.8, 4) is 5.75 Å². The Bertz CT molecular complexity index is 721. The molecule has 2 aromatic rings. The van der Waals surface area contributed by atoms with Gasteiger partial charge in [0.05, 0.1) is 10.6 Å². The molecule has 0 aliphatic heterocycles. The Morgan fingerprint density at radius 2 is 1.89 bits per heavy atom. The molecule has 0 saturated carbocycles. The van der Waals surface area contributed by atoms with Gasteiger partial charge in [0.1, 0.15) is 5.75 Å². The second kappa shape index (κ2) is 4.17. The van der Waals surface area contributed by atoms with Crippen molar-refractivity contribution >= 4 is 26.3 Å². The maximum absolute atomic E-state index is 11.7. The average molecular weight is 265 g/mol. The second-order valence-corrected chi connectivity index (χ2v) is 6.33. The fraction of sp³-hybridized carbons (Fsp3) is 0.231. The molecule has 5 heteroatoms. The van der Waals surface area contributed by atoms with Gasteiger partial charge in [-0.1, -0.05) is 23.8 Å². The highest BCUT2D eigenvalue weighted by Crippen LogP contribution is 2.38. The van der Waals surface area contributed by atoms with Crippen molar-refractivity contribution in [1.82, 2.24) is 0 Å². The zero-order valence-electron chi connectivity index (χ0n) is 10.5. The van der Waals surface area contributed by atoms with Crippen molar-refractivity contribution in [1.29, 1.82) is 0 Å². The van der Waals surface area contributed by atoms with Crippen LogP contribution < -0.4 is 5.32 Å². The van der Waals surface area contributed by atoms with Gasteiger partial charge in [0.25, 0.3) is 0 Å². The van der Waals surface area contributed by atoms with Crippen LogP contribution in [0.5, 0.6) is 5.75 Å². The van der Waals surface area contributed by atoms with Gasteiger partial charge in [-0.15, -0.1) is 0 Å². The lowest BCUT2D eigenvalue weighted by Gasteiger charge is -2.13. The molecule has 2 rings (SSSR count). The topological polar surface area (TPSA) is 66.4 Å². The van der Waals surface area contributed by atoms with E-state index >= 15 is 0 Å². The summed E-state index contributed by atoms with van der Waals surface area (Å²) in [5, 5.41) is 14.3. The van der Waals surface area contributed by atoms with Crippen LogP contribution in [0.4, 0.5) is 5.69 Å². The molecule has 0 radical (unpaired) electrons. The number of nitrogens with one attached hydrogen (secondary N) is 1. The summed E-state index contributed by atoms with van der Waals surface area (Å²) in [4.78, 5) is 0.112. The molecule has 0 fully saturated rings. The zero-order valence-corrected chi connectivity index (χ0v) is 11.3. The van der Waals surface area contributed by atoms with Gasteiger partial charge in [0.2, 0.25) is 0 Å². The van der Waals surface area contributed by atoms with Crippen LogP contribution in [-0.2, 0) is 9.84 Å². The van der Waals surface area contributed by atoms with Gasteiger partial charge in [-0.25, -0.2) is 8.42 Å². The molecule has 2 aromatic carbocycles. The molecule has 0 unspecified atom stereocenters. The van der Waals surface area contributed by atoms with Gasteiger partial charge in [-0.2, -0.15) is 0 Å². The minimum Gasteiger partial charge on any atom is -0.505 e. The summed E-state index contributed by atoms with van der Waals surface area (Å²) in [5.74, 6) is -0.0320. The number of fused-ring (bicyclic) bond motifs is 1. The van der Waals surface area contributed by atoms with Crippen molar-refractivity contribution in [2.75, 3.05) is 18.6 Å². The number of phenolic OH excluding ortho intramolecular Hbond substituents is 1. The number of aromatic hydroxyl groups is 1. The predicted octanol–water partition coefficient (Wildman–Crippen LogP) is 2.30. The Labute approximate surface area is 106 Å². The number of aryl methyl sites for hydroxylation is 1. The van der Waals surface area contributed by atoms with E-state index in [4.69, 9.17) is 0 Å². The minimum absolute atomic E-state index is 0.0320. The number of benzene rings is 2. The predicted molar refractivity (Wildman–Crippen MR) is 73.0 cm³/mol. The molecule has 0 aliphatic carbocycles. The quantitative estimate of drug-likeness (QED) is 0.818. The van der Waals surface area contributed by atoms with Crippen molar-refractivity contribution in [3.05, 3.63) is 29.8 Å². The summed E-state index contributed by atoms with van der Waals surface area (Å²) in [6.45, 7) is 1.92. The van der Waals surface area contributed by atoms with E-state index in [1.807, 2.05) is 19.1 Å². The first-order chi connectivity index (χ1) is 8.34. The third-order valence-corrected chi connectivity index (χ3v) is 4.00. The summed E-state index contributed by atoms with van der Waals surface area (Å²) in [5.41, 5.74) is 1.26. The number of anilines is 1. The molecule has 0 bridgehead atoms. The lowest BCUT2D eigenvalue weighted by molar-refractivity contribution is 0.482. The molecule has 4 nitrogen and oxygen atoms in total. The largest absolute Gasteiger partial charge is 0.505 e.